The Morgan fingerprint density at radius 3 is 2.77 bits per heavy atom. The molecule has 1 N–H and O–H groups in total. The lowest BCUT2D eigenvalue weighted by atomic mass is 9.79. The van der Waals surface area contributed by atoms with Crippen LogP contribution in [0.2, 0.25) is 0 Å². The van der Waals surface area contributed by atoms with Crippen molar-refractivity contribution in [1.29, 1.82) is 0 Å². The molecule has 3 aliphatic rings. The molecule has 1 amide bonds. The lowest BCUT2D eigenvalue weighted by Crippen LogP contribution is -2.62. The first-order valence-corrected chi connectivity index (χ1v) is 8.79. The topological polar surface area (TPSA) is 102 Å². The third-order valence-electron chi connectivity index (χ3n) is 5.54. The highest BCUT2D eigenvalue weighted by molar-refractivity contribution is 5.90. The molecule has 0 saturated carbocycles. The van der Waals surface area contributed by atoms with Crippen molar-refractivity contribution in [2.75, 3.05) is 13.1 Å². The highest BCUT2D eigenvalue weighted by atomic mass is 16.6. The van der Waals surface area contributed by atoms with Gasteiger partial charge in [-0.3, -0.25) is 19.8 Å². The summed E-state index contributed by atoms with van der Waals surface area (Å²) in [6, 6.07) is 6.60. The molecule has 3 aliphatic heterocycles. The van der Waals surface area contributed by atoms with Crippen molar-refractivity contribution in [3.8, 4) is 11.3 Å². The maximum Gasteiger partial charge on any atom is 0.307 e. The molecule has 0 radical (unpaired) electrons. The molecule has 2 aromatic rings. The van der Waals surface area contributed by atoms with E-state index in [1.807, 2.05) is 0 Å². The van der Waals surface area contributed by atoms with Gasteiger partial charge in [-0.1, -0.05) is 12.1 Å². The van der Waals surface area contributed by atoms with Crippen LogP contribution in [-0.4, -0.2) is 45.9 Å². The van der Waals surface area contributed by atoms with E-state index in [-0.39, 0.29) is 35.3 Å². The molecule has 2 bridgehead atoms. The fourth-order valence-electron chi connectivity index (χ4n) is 4.10. The van der Waals surface area contributed by atoms with Crippen molar-refractivity contribution >= 4 is 11.6 Å². The molecule has 8 nitrogen and oxygen atoms in total. The molecule has 1 aromatic carbocycles. The van der Waals surface area contributed by atoms with E-state index >= 15 is 0 Å². The minimum atomic E-state index is -0.480. The number of carbonyl (C=O) groups is 1. The van der Waals surface area contributed by atoms with E-state index in [0.717, 1.165) is 25.9 Å². The zero-order valence-corrected chi connectivity index (χ0v) is 14.4. The van der Waals surface area contributed by atoms with E-state index in [1.165, 1.54) is 12.3 Å². The standard InChI is InChI=1S/C18H20N4O4/c1-11-16(12-6-8-21(11)9-7-12)20-17(23)18-19-10-15(26-18)13-4-2-3-5-14(13)22(24)25/h2-5,10-12,16H,6-9H2,1H3,(H,20,23). The van der Waals surface area contributed by atoms with Crippen LogP contribution >= 0.6 is 0 Å². The van der Waals surface area contributed by atoms with Crippen molar-refractivity contribution in [3.05, 3.63) is 46.5 Å². The number of benzene rings is 1. The third-order valence-corrected chi connectivity index (χ3v) is 5.54. The van der Waals surface area contributed by atoms with E-state index < -0.39 is 4.92 Å². The summed E-state index contributed by atoms with van der Waals surface area (Å²) in [5.41, 5.74) is 0.224. The van der Waals surface area contributed by atoms with Gasteiger partial charge in [0.15, 0.2) is 5.76 Å². The van der Waals surface area contributed by atoms with E-state index in [4.69, 9.17) is 4.42 Å². The molecule has 3 fully saturated rings. The fraction of sp³-hybridized carbons (Fsp3) is 0.444. The van der Waals surface area contributed by atoms with Crippen LogP contribution in [0.4, 0.5) is 5.69 Å². The van der Waals surface area contributed by atoms with Gasteiger partial charge in [0.05, 0.1) is 16.7 Å². The molecule has 2 atom stereocenters. The van der Waals surface area contributed by atoms with Gasteiger partial charge in [0, 0.05) is 18.2 Å². The molecule has 0 aliphatic carbocycles. The lowest BCUT2D eigenvalue weighted by Gasteiger charge is -2.49. The van der Waals surface area contributed by atoms with E-state index in [2.05, 4.69) is 22.1 Å². The number of nitro groups is 1. The molecule has 136 valence electrons. The number of nitrogens with zero attached hydrogens (tertiary/aromatic N) is 3. The highest BCUT2D eigenvalue weighted by Gasteiger charge is 2.41. The zero-order valence-electron chi connectivity index (χ0n) is 14.4. The summed E-state index contributed by atoms with van der Waals surface area (Å²) in [5.74, 6) is 0.246. The van der Waals surface area contributed by atoms with Gasteiger partial charge in [0.1, 0.15) is 0 Å². The van der Waals surface area contributed by atoms with Crippen LogP contribution in [0.5, 0.6) is 0 Å². The van der Waals surface area contributed by atoms with Gasteiger partial charge in [-0.15, -0.1) is 0 Å². The third kappa shape index (κ3) is 2.86. The Labute approximate surface area is 150 Å². The first kappa shape index (κ1) is 16.7. The number of nitro benzene ring substituents is 1. The van der Waals surface area contributed by atoms with Crippen LogP contribution in [0.1, 0.15) is 30.5 Å². The summed E-state index contributed by atoms with van der Waals surface area (Å²) >= 11 is 0. The Balaban J connectivity index is 1.53. The fourth-order valence-corrected chi connectivity index (χ4v) is 4.10. The molecule has 26 heavy (non-hydrogen) atoms. The molecule has 5 rings (SSSR count). The second-order valence-electron chi connectivity index (χ2n) is 6.92. The average Bonchev–Trinajstić information content (AvgIpc) is 3.15. The summed E-state index contributed by atoms with van der Waals surface area (Å²) in [5, 5.41) is 14.2. The number of fused-ring (bicyclic) bond motifs is 3. The van der Waals surface area contributed by atoms with Crippen molar-refractivity contribution in [2.24, 2.45) is 5.92 Å². The van der Waals surface area contributed by atoms with E-state index in [9.17, 15) is 14.9 Å². The van der Waals surface area contributed by atoms with Crippen LogP contribution in [0.15, 0.2) is 34.9 Å². The Hall–Kier alpha value is -2.74. The molecular weight excluding hydrogens is 336 g/mol. The van der Waals surface area contributed by atoms with Crippen LogP contribution in [0.25, 0.3) is 11.3 Å². The molecule has 8 heteroatoms. The number of rotatable bonds is 4. The van der Waals surface area contributed by atoms with Crippen molar-refractivity contribution in [2.45, 2.75) is 31.8 Å². The first-order chi connectivity index (χ1) is 12.5. The van der Waals surface area contributed by atoms with Gasteiger partial charge in [-0.25, -0.2) is 4.98 Å². The van der Waals surface area contributed by atoms with Gasteiger partial charge in [-0.2, -0.15) is 0 Å². The molecule has 1 aromatic heterocycles. The monoisotopic (exact) mass is 356 g/mol. The van der Waals surface area contributed by atoms with Gasteiger partial charge in [0.25, 0.3) is 11.6 Å². The maximum absolute atomic E-state index is 12.6. The molecular formula is C18H20N4O4. The van der Waals surface area contributed by atoms with Crippen molar-refractivity contribution in [3.63, 3.8) is 0 Å². The number of para-hydroxylation sites is 1. The van der Waals surface area contributed by atoms with Crippen LogP contribution in [-0.2, 0) is 0 Å². The Bertz CT molecular complexity index is 839. The number of carbonyl (C=O) groups excluding carboxylic acids is 1. The number of hydrogen-bond acceptors (Lipinski definition) is 6. The van der Waals surface area contributed by atoms with Crippen molar-refractivity contribution in [1.82, 2.24) is 15.2 Å². The van der Waals surface area contributed by atoms with E-state index in [0.29, 0.717) is 11.5 Å². The highest BCUT2D eigenvalue weighted by Crippen LogP contribution is 2.33. The van der Waals surface area contributed by atoms with Crippen molar-refractivity contribution < 1.29 is 14.1 Å². The SMILES string of the molecule is CC1C(NC(=O)c2ncc(-c3ccccc3[N+](=O)[O-])o2)C2CCN1CC2. The summed E-state index contributed by atoms with van der Waals surface area (Å²) in [4.78, 5) is 29.7. The maximum atomic E-state index is 12.6. The van der Waals surface area contributed by atoms with Crippen LogP contribution < -0.4 is 5.32 Å². The predicted octanol–water partition coefficient (Wildman–Crippen LogP) is 2.46. The number of oxazole rings is 1. The Morgan fingerprint density at radius 1 is 1.35 bits per heavy atom. The smallest absolute Gasteiger partial charge is 0.307 e. The Morgan fingerprint density at radius 2 is 2.08 bits per heavy atom. The van der Waals surface area contributed by atoms with E-state index in [1.54, 1.807) is 18.2 Å². The van der Waals surface area contributed by atoms with Crippen LogP contribution in [0.3, 0.4) is 0 Å². The molecule has 2 unspecified atom stereocenters. The summed E-state index contributed by atoms with van der Waals surface area (Å²) in [6.45, 7) is 4.29. The quantitative estimate of drug-likeness (QED) is 0.667. The Kier molecular flexibility index (Phi) is 4.20. The molecule has 0 spiro atoms. The number of nitrogens with one attached hydrogen (secondary N) is 1. The van der Waals surface area contributed by atoms with Gasteiger partial charge < -0.3 is 9.73 Å². The molecule has 4 heterocycles. The summed E-state index contributed by atoms with van der Waals surface area (Å²) in [6.07, 6.45) is 3.53. The number of aromatic nitrogens is 1. The predicted molar refractivity (Wildman–Crippen MR) is 93.6 cm³/mol. The minimum Gasteiger partial charge on any atom is -0.432 e. The number of hydrogen-bond donors (Lipinski definition) is 1. The average molecular weight is 356 g/mol. The van der Waals surface area contributed by atoms with Gasteiger partial charge in [0.2, 0.25) is 0 Å². The van der Waals surface area contributed by atoms with Gasteiger partial charge in [-0.05, 0) is 44.8 Å². The molecule has 3 saturated heterocycles. The number of amides is 1. The zero-order chi connectivity index (χ0) is 18.3. The summed E-state index contributed by atoms with van der Waals surface area (Å²) < 4.78 is 5.54. The summed E-state index contributed by atoms with van der Waals surface area (Å²) in [7, 11) is 0. The second-order valence-corrected chi connectivity index (χ2v) is 6.92. The second kappa shape index (κ2) is 6.53. The minimum absolute atomic E-state index is 0.0678. The lowest BCUT2D eigenvalue weighted by molar-refractivity contribution is -0.384. The first-order valence-electron chi connectivity index (χ1n) is 8.79. The number of piperidine rings is 3. The normalized spacial score (nSPS) is 27.3. The van der Waals surface area contributed by atoms with Gasteiger partial charge >= 0.3 is 5.91 Å². The van der Waals surface area contributed by atoms with Crippen LogP contribution in [0, 0.1) is 16.0 Å². The largest absolute Gasteiger partial charge is 0.432 e.